The molecule has 1 atom stereocenters. The van der Waals surface area contributed by atoms with Crippen LogP contribution in [-0.4, -0.2) is 28.2 Å². The normalized spacial score (nSPS) is 20.1. The van der Waals surface area contributed by atoms with E-state index in [0.29, 0.717) is 5.69 Å². The molecule has 0 bridgehead atoms. The number of carbonyl (C=O) groups excluding carboxylic acids is 1. The zero-order valence-electron chi connectivity index (χ0n) is 7.92. The van der Waals surface area contributed by atoms with E-state index in [4.69, 9.17) is 0 Å². The van der Waals surface area contributed by atoms with Gasteiger partial charge in [0.2, 0.25) is 0 Å². The number of pyridine rings is 1. The molecule has 0 N–H and O–H groups in total. The summed E-state index contributed by atoms with van der Waals surface area (Å²) in [6.07, 6.45) is 4.18. The summed E-state index contributed by atoms with van der Waals surface area (Å²) < 4.78 is 0. The van der Waals surface area contributed by atoms with E-state index in [2.05, 4.69) is 10.1 Å². The lowest BCUT2D eigenvalue weighted by molar-refractivity contribution is 0.0719. The Kier molecular flexibility index (Phi) is 2.26. The molecule has 1 amide bonds. The van der Waals surface area contributed by atoms with Crippen LogP contribution in [0.5, 0.6) is 0 Å². The first-order chi connectivity index (χ1) is 6.79. The van der Waals surface area contributed by atoms with Crippen molar-refractivity contribution in [1.82, 2.24) is 9.99 Å². The summed E-state index contributed by atoms with van der Waals surface area (Å²) in [5.41, 5.74) is 0.443. The molecule has 0 radical (unpaired) electrons. The number of hydrogen-bond acceptors (Lipinski definition) is 3. The van der Waals surface area contributed by atoms with E-state index in [1.807, 2.05) is 6.92 Å². The number of rotatable bonds is 1. The third-order valence-corrected chi connectivity index (χ3v) is 2.16. The monoisotopic (exact) mass is 189 g/mol. The molecule has 2 rings (SSSR count). The quantitative estimate of drug-likeness (QED) is 0.668. The minimum Gasteiger partial charge on any atom is -0.265 e. The first-order valence-corrected chi connectivity index (χ1v) is 4.56. The zero-order chi connectivity index (χ0) is 9.97. The Balaban J connectivity index is 2.20. The predicted molar refractivity (Wildman–Crippen MR) is 53.0 cm³/mol. The largest absolute Gasteiger partial charge is 0.292 e. The molecule has 1 unspecified atom stereocenters. The van der Waals surface area contributed by atoms with Gasteiger partial charge in [0.15, 0.2) is 0 Å². The van der Waals surface area contributed by atoms with Crippen LogP contribution in [0.15, 0.2) is 29.5 Å². The van der Waals surface area contributed by atoms with Crippen molar-refractivity contribution in [2.75, 3.05) is 0 Å². The second kappa shape index (κ2) is 3.57. The second-order valence-corrected chi connectivity index (χ2v) is 3.25. The third kappa shape index (κ3) is 1.51. The molecule has 0 aliphatic carbocycles. The summed E-state index contributed by atoms with van der Waals surface area (Å²) in [6, 6.07) is 5.42. The molecule has 0 saturated carbocycles. The molecule has 1 aromatic heterocycles. The van der Waals surface area contributed by atoms with Crippen molar-refractivity contribution in [3.05, 3.63) is 30.1 Å². The molecule has 14 heavy (non-hydrogen) atoms. The van der Waals surface area contributed by atoms with Gasteiger partial charge in [-0.1, -0.05) is 6.07 Å². The summed E-state index contributed by atoms with van der Waals surface area (Å²) in [5, 5.41) is 5.49. The van der Waals surface area contributed by atoms with Crippen LogP contribution in [0.2, 0.25) is 0 Å². The fourth-order valence-corrected chi connectivity index (χ4v) is 1.36. The van der Waals surface area contributed by atoms with Gasteiger partial charge in [0.25, 0.3) is 5.91 Å². The van der Waals surface area contributed by atoms with Gasteiger partial charge in [0, 0.05) is 18.8 Å². The smallest absolute Gasteiger partial charge is 0.265 e. The van der Waals surface area contributed by atoms with Gasteiger partial charge in [-0.3, -0.25) is 9.78 Å². The number of amides is 1. The highest BCUT2D eigenvalue weighted by molar-refractivity contribution is 5.93. The van der Waals surface area contributed by atoms with E-state index < -0.39 is 0 Å². The summed E-state index contributed by atoms with van der Waals surface area (Å²) in [4.78, 5) is 15.8. The highest BCUT2D eigenvalue weighted by atomic mass is 16.2. The third-order valence-electron chi connectivity index (χ3n) is 2.16. The first kappa shape index (κ1) is 8.87. The zero-order valence-corrected chi connectivity index (χ0v) is 7.92. The van der Waals surface area contributed by atoms with Gasteiger partial charge in [-0.2, -0.15) is 5.10 Å². The fraction of sp³-hybridized carbons (Fsp3) is 0.300. The lowest BCUT2D eigenvalue weighted by Crippen LogP contribution is -2.30. The van der Waals surface area contributed by atoms with Crippen molar-refractivity contribution in [3.8, 4) is 0 Å². The van der Waals surface area contributed by atoms with Crippen molar-refractivity contribution >= 4 is 12.1 Å². The minimum absolute atomic E-state index is 0.133. The number of nitrogens with zero attached hydrogens (tertiary/aromatic N) is 3. The van der Waals surface area contributed by atoms with Crippen LogP contribution in [0.3, 0.4) is 0 Å². The molecule has 72 valence electrons. The molecule has 1 aliphatic rings. The molecular weight excluding hydrogens is 178 g/mol. The molecule has 1 aromatic rings. The maximum Gasteiger partial charge on any atom is 0.292 e. The maximum atomic E-state index is 11.8. The van der Waals surface area contributed by atoms with Crippen LogP contribution in [-0.2, 0) is 0 Å². The van der Waals surface area contributed by atoms with Gasteiger partial charge >= 0.3 is 0 Å². The Morgan fingerprint density at radius 2 is 2.43 bits per heavy atom. The first-order valence-electron chi connectivity index (χ1n) is 4.56. The van der Waals surface area contributed by atoms with Gasteiger partial charge < -0.3 is 0 Å². The lowest BCUT2D eigenvalue weighted by Gasteiger charge is -2.16. The van der Waals surface area contributed by atoms with E-state index >= 15 is 0 Å². The second-order valence-electron chi connectivity index (χ2n) is 3.25. The van der Waals surface area contributed by atoms with Crippen molar-refractivity contribution in [3.63, 3.8) is 0 Å². The van der Waals surface area contributed by atoms with Crippen LogP contribution in [0.4, 0.5) is 0 Å². The van der Waals surface area contributed by atoms with E-state index in [0.717, 1.165) is 6.42 Å². The predicted octanol–water partition coefficient (Wildman–Crippen LogP) is 1.30. The Labute approximate surface area is 82.3 Å². The van der Waals surface area contributed by atoms with Crippen LogP contribution in [0.1, 0.15) is 23.8 Å². The van der Waals surface area contributed by atoms with Crippen LogP contribution >= 0.6 is 0 Å². The maximum absolute atomic E-state index is 11.8. The molecule has 2 heterocycles. The fourth-order valence-electron chi connectivity index (χ4n) is 1.36. The highest BCUT2D eigenvalue weighted by Gasteiger charge is 2.24. The van der Waals surface area contributed by atoms with E-state index in [9.17, 15) is 4.79 Å². The molecule has 0 saturated heterocycles. The van der Waals surface area contributed by atoms with Crippen molar-refractivity contribution < 1.29 is 4.79 Å². The molecule has 0 fully saturated rings. The minimum atomic E-state index is -0.133. The Morgan fingerprint density at radius 1 is 1.57 bits per heavy atom. The van der Waals surface area contributed by atoms with Crippen molar-refractivity contribution in [2.45, 2.75) is 19.4 Å². The molecule has 4 nitrogen and oxygen atoms in total. The topological polar surface area (TPSA) is 45.6 Å². The Bertz CT molecular complexity index is 361. The standard InChI is InChI=1S/C10H11N3O/c1-8-5-7-12-13(8)10(14)9-4-2-3-6-11-9/h2-4,6-8H,5H2,1H3. The van der Waals surface area contributed by atoms with Gasteiger partial charge in [0.1, 0.15) is 5.69 Å². The summed E-state index contributed by atoms with van der Waals surface area (Å²) in [6.45, 7) is 1.97. The van der Waals surface area contributed by atoms with Crippen LogP contribution < -0.4 is 0 Å². The SMILES string of the molecule is CC1CC=NN1C(=O)c1ccccn1. The Hall–Kier alpha value is -1.71. The number of aromatic nitrogens is 1. The Morgan fingerprint density at radius 3 is 3.00 bits per heavy atom. The van der Waals surface area contributed by atoms with Crippen molar-refractivity contribution in [2.24, 2.45) is 5.10 Å². The van der Waals surface area contributed by atoms with Crippen LogP contribution in [0, 0.1) is 0 Å². The lowest BCUT2D eigenvalue weighted by atomic mass is 10.2. The van der Waals surface area contributed by atoms with E-state index in [-0.39, 0.29) is 11.9 Å². The van der Waals surface area contributed by atoms with Crippen LogP contribution in [0.25, 0.3) is 0 Å². The van der Waals surface area contributed by atoms with Gasteiger partial charge in [-0.25, -0.2) is 5.01 Å². The molecule has 4 heteroatoms. The number of carbonyl (C=O) groups is 1. The van der Waals surface area contributed by atoms with Crippen molar-refractivity contribution in [1.29, 1.82) is 0 Å². The van der Waals surface area contributed by atoms with Gasteiger partial charge in [-0.15, -0.1) is 0 Å². The molecule has 0 aromatic carbocycles. The molecule has 1 aliphatic heterocycles. The summed E-state index contributed by atoms with van der Waals surface area (Å²) in [7, 11) is 0. The van der Waals surface area contributed by atoms with Gasteiger partial charge in [-0.05, 0) is 19.1 Å². The number of hydrogen-bond donors (Lipinski definition) is 0. The summed E-state index contributed by atoms with van der Waals surface area (Å²) in [5.74, 6) is -0.133. The average molecular weight is 189 g/mol. The average Bonchev–Trinajstić information content (AvgIpc) is 2.65. The van der Waals surface area contributed by atoms with E-state index in [1.165, 1.54) is 5.01 Å². The molecular formula is C10H11N3O. The highest BCUT2D eigenvalue weighted by Crippen LogP contribution is 2.13. The number of hydrazone groups is 1. The van der Waals surface area contributed by atoms with Gasteiger partial charge in [0.05, 0.1) is 6.04 Å². The molecule has 0 spiro atoms. The van der Waals surface area contributed by atoms with E-state index in [1.54, 1.807) is 30.6 Å². The summed E-state index contributed by atoms with van der Waals surface area (Å²) >= 11 is 0.